The number of para-hydroxylation sites is 1. The van der Waals surface area contributed by atoms with E-state index < -0.39 is 16.7 Å². The number of carbonyl (C=O) groups is 1. The van der Waals surface area contributed by atoms with Crippen LogP contribution in [0.2, 0.25) is 0 Å². The van der Waals surface area contributed by atoms with Crippen molar-refractivity contribution in [1.29, 1.82) is 0 Å². The molecule has 1 aromatic heterocycles. The minimum absolute atomic E-state index is 0.110. The Hall–Kier alpha value is -2.40. The molecular formula is C17H16N2O2S. The Kier molecular flexibility index (Phi) is 4.06. The third kappa shape index (κ3) is 3.09. The lowest BCUT2D eigenvalue weighted by molar-refractivity contribution is -0.115. The average Bonchev–Trinajstić information content (AvgIpc) is 2.90. The van der Waals surface area contributed by atoms with Gasteiger partial charge in [-0.05, 0) is 17.7 Å². The second-order valence-corrected chi connectivity index (χ2v) is 6.58. The minimum atomic E-state index is -1.29. The number of carbonyl (C=O) groups excluding carboxylic acids is 1. The standard InChI is InChI=1S/C17H16N2O2S/c18-17(20)11-22(21)10-13-6-1-3-7-14(13)16-9-12-5-2-4-8-15(12)19-16/h1-9,19H,10-11H2,(H2,18,20). The van der Waals surface area contributed by atoms with Gasteiger partial charge in [0, 0.05) is 38.7 Å². The molecule has 1 heterocycles. The smallest absolute Gasteiger partial charge is 0.230 e. The number of hydrogen-bond acceptors (Lipinski definition) is 2. The number of rotatable bonds is 5. The molecule has 1 amide bonds. The molecule has 5 heteroatoms. The van der Waals surface area contributed by atoms with E-state index in [1.165, 1.54) is 0 Å². The Labute approximate surface area is 130 Å². The molecule has 0 aliphatic rings. The maximum Gasteiger partial charge on any atom is 0.230 e. The van der Waals surface area contributed by atoms with Crippen molar-refractivity contribution in [2.24, 2.45) is 5.73 Å². The molecule has 3 aromatic rings. The fourth-order valence-electron chi connectivity index (χ4n) is 2.51. The van der Waals surface area contributed by atoms with Gasteiger partial charge in [0.2, 0.25) is 5.91 Å². The highest BCUT2D eigenvalue weighted by Gasteiger charge is 2.11. The topological polar surface area (TPSA) is 76.0 Å². The quantitative estimate of drug-likeness (QED) is 0.759. The van der Waals surface area contributed by atoms with Crippen molar-refractivity contribution in [1.82, 2.24) is 4.98 Å². The maximum atomic E-state index is 12.0. The summed E-state index contributed by atoms with van der Waals surface area (Å²) in [5.41, 5.74) is 9.08. The van der Waals surface area contributed by atoms with Gasteiger partial charge in [-0.15, -0.1) is 0 Å². The normalized spacial score (nSPS) is 12.4. The first-order valence-electron chi connectivity index (χ1n) is 6.93. The van der Waals surface area contributed by atoms with E-state index in [1.54, 1.807) is 0 Å². The Morgan fingerprint density at radius 1 is 1.09 bits per heavy atom. The summed E-state index contributed by atoms with van der Waals surface area (Å²) in [5.74, 6) is -0.336. The molecule has 2 aromatic carbocycles. The Bertz CT molecular complexity index is 821. The van der Waals surface area contributed by atoms with Crippen molar-refractivity contribution in [2.45, 2.75) is 5.75 Å². The third-order valence-electron chi connectivity index (χ3n) is 3.46. The van der Waals surface area contributed by atoms with Crippen LogP contribution in [0.5, 0.6) is 0 Å². The van der Waals surface area contributed by atoms with Crippen molar-refractivity contribution >= 4 is 27.6 Å². The highest BCUT2D eigenvalue weighted by molar-refractivity contribution is 7.84. The van der Waals surface area contributed by atoms with Gasteiger partial charge in [0.25, 0.3) is 0 Å². The molecule has 0 aliphatic heterocycles. The van der Waals surface area contributed by atoms with E-state index in [9.17, 15) is 9.00 Å². The van der Waals surface area contributed by atoms with Gasteiger partial charge in [-0.3, -0.25) is 9.00 Å². The first-order chi connectivity index (χ1) is 10.6. The van der Waals surface area contributed by atoms with Crippen molar-refractivity contribution in [2.75, 3.05) is 5.75 Å². The fraction of sp³-hybridized carbons (Fsp3) is 0.118. The van der Waals surface area contributed by atoms with Crippen LogP contribution in [0.25, 0.3) is 22.2 Å². The number of nitrogens with one attached hydrogen (secondary N) is 1. The van der Waals surface area contributed by atoms with Gasteiger partial charge in [0.15, 0.2) is 0 Å². The number of hydrogen-bond donors (Lipinski definition) is 2. The summed E-state index contributed by atoms with van der Waals surface area (Å²) < 4.78 is 12.0. The molecule has 1 unspecified atom stereocenters. The van der Waals surface area contributed by atoms with Crippen LogP contribution in [0.4, 0.5) is 0 Å². The molecule has 0 saturated carbocycles. The van der Waals surface area contributed by atoms with Gasteiger partial charge < -0.3 is 10.7 Å². The lowest BCUT2D eigenvalue weighted by Gasteiger charge is -2.07. The van der Waals surface area contributed by atoms with E-state index in [2.05, 4.69) is 11.1 Å². The van der Waals surface area contributed by atoms with Crippen LogP contribution in [-0.4, -0.2) is 20.9 Å². The monoisotopic (exact) mass is 312 g/mol. The van der Waals surface area contributed by atoms with Crippen LogP contribution in [0.1, 0.15) is 5.56 Å². The van der Waals surface area contributed by atoms with Gasteiger partial charge in [-0.25, -0.2) is 0 Å². The molecule has 0 bridgehead atoms. The lowest BCUT2D eigenvalue weighted by Crippen LogP contribution is -2.20. The molecule has 112 valence electrons. The summed E-state index contributed by atoms with van der Waals surface area (Å²) in [7, 11) is -1.29. The molecule has 22 heavy (non-hydrogen) atoms. The molecule has 0 saturated heterocycles. The minimum Gasteiger partial charge on any atom is -0.369 e. The number of benzene rings is 2. The predicted octanol–water partition coefficient (Wildman–Crippen LogP) is 2.57. The summed E-state index contributed by atoms with van der Waals surface area (Å²) in [6, 6.07) is 17.9. The highest BCUT2D eigenvalue weighted by Crippen LogP contribution is 2.27. The van der Waals surface area contributed by atoms with Gasteiger partial charge in [-0.1, -0.05) is 42.5 Å². The summed E-state index contributed by atoms with van der Waals surface area (Å²) >= 11 is 0. The maximum absolute atomic E-state index is 12.0. The number of primary amides is 1. The zero-order valence-corrected chi connectivity index (χ0v) is 12.7. The van der Waals surface area contributed by atoms with Crippen LogP contribution >= 0.6 is 0 Å². The van der Waals surface area contributed by atoms with E-state index >= 15 is 0 Å². The number of amides is 1. The lowest BCUT2D eigenvalue weighted by atomic mass is 10.1. The van der Waals surface area contributed by atoms with E-state index in [0.29, 0.717) is 5.75 Å². The zero-order chi connectivity index (χ0) is 15.5. The predicted molar refractivity (Wildman–Crippen MR) is 89.6 cm³/mol. The summed E-state index contributed by atoms with van der Waals surface area (Å²) in [6.45, 7) is 0. The number of aromatic nitrogens is 1. The Morgan fingerprint density at radius 3 is 2.59 bits per heavy atom. The molecular weight excluding hydrogens is 296 g/mol. The number of H-pyrrole nitrogens is 1. The average molecular weight is 312 g/mol. The van der Waals surface area contributed by atoms with Gasteiger partial charge in [-0.2, -0.15) is 0 Å². The molecule has 0 spiro atoms. The van der Waals surface area contributed by atoms with Gasteiger partial charge >= 0.3 is 0 Å². The molecule has 0 radical (unpaired) electrons. The molecule has 0 fully saturated rings. The van der Waals surface area contributed by atoms with Crippen molar-refractivity contribution in [3.63, 3.8) is 0 Å². The van der Waals surface area contributed by atoms with Crippen LogP contribution in [0.15, 0.2) is 54.6 Å². The van der Waals surface area contributed by atoms with E-state index in [4.69, 9.17) is 5.73 Å². The van der Waals surface area contributed by atoms with Crippen LogP contribution in [-0.2, 0) is 21.3 Å². The first kappa shape index (κ1) is 14.5. The SMILES string of the molecule is NC(=O)CS(=O)Cc1ccccc1-c1cc2ccccc2[nH]1. The number of fused-ring (bicyclic) bond motifs is 1. The molecule has 0 aliphatic carbocycles. The molecule has 1 atom stereocenters. The number of nitrogens with two attached hydrogens (primary N) is 1. The number of aromatic amines is 1. The Balaban J connectivity index is 1.97. The van der Waals surface area contributed by atoms with Crippen molar-refractivity contribution in [3.05, 3.63) is 60.2 Å². The largest absolute Gasteiger partial charge is 0.369 e. The van der Waals surface area contributed by atoms with E-state index in [1.807, 2.05) is 48.5 Å². The molecule has 4 nitrogen and oxygen atoms in total. The summed E-state index contributed by atoms with van der Waals surface area (Å²) in [5, 5.41) is 1.13. The van der Waals surface area contributed by atoms with E-state index in [0.717, 1.165) is 27.7 Å². The Morgan fingerprint density at radius 2 is 1.82 bits per heavy atom. The molecule has 3 rings (SSSR count). The van der Waals surface area contributed by atoms with Crippen molar-refractivity contribution in [3.8, 4) is 11.3 Å². The van der Waals surface area contributed by atoms with Crippen LogP contribution in [0.3, 0.4) is 0 Å². The second kappa shape index (κ2) is 6.15. The second-order valence-electron chi connectivity index (χ2n) is 5.12. The van der Waals surface area contributed by atoms with Gasteiger partial charge in [0.1, 0.15) is 5.75 Å². The summed E-state index contributed by atoms with van der Waals surface area (Å²) in [6.07, 6.45) is 0. The fourth-order valence-corrected chi connectivity index (χ4v) is 3.53. The van der Waals surface area contributed by atoms with Crippen LogP contribution < -0.4 is 5.73 Å². The van der Waals surface area contributed by atoms with Gasteiger partial charge in [0.05, 0.1) is 0 Å². The highest BCUT2D eigenvalue weighted by atomic mass is 32.2. The van der Waals surface area contributed by atoms with E-state index in [-0.39, 0.29) is 5.75 Å². The molecule has 3 N–H and O–H groups in total. The van der Waals surface area contributed by atoms with Crippen LogP contribution in [0, 0.1) is 0 Å². The first-order valence-corrected chi connectivity index (χ1v) is 8.41. The zero-order valence-electron chi connectivity index (χ0n) is 11.9. The summed E-state index contributed by atoms with van der Waals surface area (Å²) in [4.78, 5) is 14.3. The third-order valence-corrected chi connectivity index (χ3v) is 4.70. The van der Waals surface area contributed by atoms with Crippen molar-refractivity contribution < 1.29 is 9.00 Å².